The van der Waals surface area contributed by atoms with Crippen LogP contribution in [-0.4, -0.2) is 0 Å². The molecule has 0 aromatic carbocycles. The van der Waals surface area contributed by atoms with E-state index in [-0.39, 0.29) is 5.41 Å². The van der Waals surface area contributed by atoms with Gasteiger partial charge in [-0.1, -0.05) is 0 Å². The molecule has 1 fully saturated rings. The van der Waals surface area contributed by atoms with Crippen LogP contribution < -0.4 is 0 Å². The van der Waals surface area contributed by atoms with E-state index in [9.17, 15) is 5.26 Å². The first-order chi connectivity index (χ1) is 7.27. The van der Waals surface area contributed by atoms with Gasteiger partial charge in [0.15, 0.2) is 0 Å². The van der Waals surface area contributed by atoms with E-state index in [0.29, 0.717) is 0 Å². The monoisotopic (exact) mass is 201 g/mol. The SMILES string of the molecule is Cc1oc2c(c1C1(C#N)CCC1)CCC2. The maximum atomic E-state index is 9.37. The van der Waals surface area contributed by atoms with E-state index in [4.69, 9.17) is 4.42 Å². The lowest BCUT2D eigenvalue weighted by Crippen LogP contribution is -2.33. The van der Waals surface area contributed by atoms with E-state index in [1.54, 1.807) is 0 Å². The normalized spacial score (nSPS) is 21.9. The zero-order valence-corrected chi connectivity index (χ0v) is 9.10. The molecule has 0 unspecified atom stereocenters. The summed E-state index contributed by atoms with van der Waals surface area (Å²) in [6, 6.07) is 2.53. The lowest BCUT2D eigenvalue weighted by molar-refractivity contribution is 0.316. The number of nitrogens with zero attached hydrogens (tertiary/aromatic N) is 1. The van der Waals surface area contributed by atoms with Crippen LogP contribution >= 0.6 is 0 Å². The number of furan rings is 1. The summed E-state index contributed by atoms with van der Waals surface area (Å²) in [5, 5.41) is 9.37. The Morgan fingerprint density at radius 1 is 1.27 bits per heavy atom. The van der Waals surface area contributed by atoms with Crippen LogP contribution in [0, 0.1) is 18.3 Å². The molecule has 2 aliphatic carbocycles. The minimum Gasteiger partial charge on any atom is -0.466 e. The Hall–Kier alpha value is -1.23. The Kier molecular flexibility index (Phi) is 1.74. The fraction of sp³-hybridized carbons (Fsp3) is 0.615. The van der Waals surface area contributed by atoms with Crippen LogP contribution in [0.3, 0.4) is 0 Å². The van der Waals surface area contributed by atoms with Crippen molar-refractivity contribution in [2.24, 2.45) is 0 Å². The van der Waals surface area contributed by atoms with E-state index in [0.717, 1.165) is 37.2 Å². The molecule has 1 aromatic heterocycles. The molecule has 0 atom stereocenters. The van der Waals surface area contributed by atoms with Crippen molar-refractivity contribution in [1.82, 2.24) is 0 Å². The second kappa shape index (κ2) is 2.88. The highest BCUT2D eigenvalue weighted by Gasteiger charge is 2.44. The van der Waals surface area contributed by atoms with Crippen molar-refractivity contribution in [3.05, 3.63) is 22.6 Å². The topological polar surface area (TPSA) is 36.9 Å². The molecule has 1 heterocycles. The van der Waals surface area contributed by atoms with Crippen LogP contribution in [0.5, 0.6) is 0 Å². The molecule has 15 heavy (non-hydrogen) atoms. The third-order valence-electron chi connectivity index (χ3n) is 4.00. The molecular weight excluding hydrogens is 186 g/mol. The van der Waals surface area contributed by atoms with Crippen molar-refractivity contribution in [2.45, 2.75) is 50.9 Å². The zero-order chi connectivity index (χ0) is 10.5. The molecule has 0 radical (unpaired) electrons. The van der Waals surface area contributed by atoms with Gasteiger partial charge < -0.3 is 4.42 Å². The Bertz CT molecular complexity index is 446. The highest BCUT2D eigenvalue weighted by Crippen LogP contribution is 2.48. The van der Waals surface area contributed by atoms with Gasteiger partial charge in [-0.3, -0.25) is 0 Å². The molecule has 0 bridgehead atoms. The molecule has 0 N–H and O–H groups in total. The maximum absolute atomic E-state index is 9.37. The van der Waals surface area contributed by atoms with Crippen LogP contribution in [0.2, 0.25) is 0 Å². The molecule has 2 aliphatic rings. The third kappa shape index (κ3) is 1.04. The molecule has 1 saturated carbocycles. The fourth-order valence-corrected chi connectivity index (χ4v) is 3.12. The van der Waals surface area contributed by atoms with Crippen LogP contribution in [0.15, 0.2) is 4.42 Å². The summed E-state index contributed by atoms with van der Waals surface area (Å²) in [5.74, 6) is 2.16. The summed E-state index contributed by atoms with van der Waals surface area (Å²) in [4.78, 5) is 0. The summed E-state index contributed by atoms with van der Waals surface area (Å²) in [6.07, 6.45) is 6.62. The minimum atomic E-state index is -0.189. The summed E-state index contributed by atoms with van der Waals surface area (Å²) < 4.78 is 5.79. The second-order valence-electron chi connectivity index (χ2n) is 4.84. The average Bonchev–Trinajstić information content (AvgIpc) is 2.67. The van der Waals surface area contributed by atoms with E-state index in [1.165, 1.54) is 24.0 Å². The second-order valence-corrected chi connectivity index (χ2v) is 4.84. The Morgan fingerprint density at radius 2 is 2.07 bits per heavy atom. The summed E-state index contributed by atoms with van der Waals surface area (Å²) in [6.45, 7) is 2.02. The summed E-state index contributed by atoms with van der Waals surface area (Å²) >= 11 is 0. The molecule has 0 amide bonds. The predicted molar refractivity (Wildman–Crippen MR) is 56.6 cm³/mol. The van der Waals surface area contributed by atoms with Crippen molar-refractivity contribution < 1.29 is 4.42 Å². The zero-order valence-electron chi connectivity index (χ0n) is 9.10. The first-order valence-electron chi connectivity index (χ1n) is 5.80. The van der Waals surface area contributed by atoms with Gasteiger partial charge in [0, 0.05) is 12.0 Å². The molecule has 1 aromatic rings. The number of fused-ring (bicyclic) bond motifs is 1. The number of nitriles is 1. The van der Waals surface area contributed by atoms with Gasteiger partial charge in [0.2, 0.25) is 0 Å². The van der Waals surface area contributed by atoms with Crippen molar-refractivity contribution in [3.63, 3.8) is 0 Å². The molecule has 2 nitrogen and oxygen atoms in total. The molecule has 78 valence electrons. The van der Waals surface area contributed by atoms with E-state index in [1.807, 2.05) is 6.92 Å². The van der Waals surface area contributed by atoms with E-state index in [2.05, 4.69) is 6.07 Å². The van der Waals surface area contributed by atoms with E-state index < -0.39 is 0 Å². The van der Waals surface area contributed by atoms with Gasteiger partial charge in [-0.25, -0.2) is 0 Å². The van der Waals surface area contributed by atoms with Crippen molar-refractivity contribution in [1.29, 1.82) is 5.26 Å². The Morgan fingerprint density at radius 3 is 2.67 bits per heavy atom. The molecule has 0 aliphatic heterocycles. The first kappa shape index (κ1) is 9.03. The smallest absolute Gasteiger partial charge is 0.107 e. The van der Waals surface area contributed by atoms with Gasteiger partial charge in [-0.15, -0.1) is 0 Å². The summed E-state index contributed by atoms with van der Waals surface area (Å²) in [5.41, 5.74) is 2.43. The van der Waals surface area contributed by atoms with Crippen LogP contribution in [-0.2, 0) is 18.3 Å². The van der Waals surface area contributed by atoms with Gasteiger partial charge in [0.1, 0.15) is 11.5 Å². The first-order valence-corrected chi connectivity index (χ1v) is 5.80. The molecule has 2 heteroatoms. The molecule has 0 spiro atoms. The fourth-order valence-electron chi connectivity index (χ4n) is 3.12. The number of aryl methyl sites for hydroxylation is 2. The number of rotatable bonds is 1. The Labute approximate surface area is 89.9 Å². The van der Waals surface area contributed by atoms with Crippen molar-refractivity contribution >= 4 is 0 Å². The molecule has 3 rings (SSSR count). The summed E-state index contributed by atoms with van der Waals surface area (Å²) in [7, 11) is 0. The van der Waals surface area contributed by atoms with Crippen LogP contribution in [0.1, 0.15) is 48.3 Å². The van der Waals surface area contributed by atoms with Crippen LogP contribution in [0.25, 0.3) is 0 Å². The third-order valence-corrected chi connectivity index (χ3v) is 4.00. The quantitative estimate of drug-likeness (QED) is 0.700. The van der Waals surface area contributed by atoms with Gasteiger partial charge in [0.25, 0.3) is 0 Å². The minimum absolute atomic E-state index is 0.189. The highest BCUT2D eigenvalue weighted by molar-refractivity contribution is 5.47. The van der Waals surface area contributed by atoms with Gasteiger partial charge >= 0.3 is 0 Å². The number of hydrogen-bond donors (Lipinski definition) is 0. The molecular formula is C13H15NO. The van der Waals surface area contributed by atoms with Gasteiger partial charge in [-0.2, -0.15) is 5.26 Å². The van der Waals surface area contributed by atoms with Gasteiger partial charge in [0.05, 0.1) is 11.5 Å². The van der Waals surface area contributed by atoms with Crippen LogP contribution in [0.4, 0.5) is 0 Å². The Balaban J connectivity index is 2.15. The highest BCUT2D eigenvalue weighted by atomic mass is 16.3. The van der Waals surface area contributed by atoms with Crippen molar-refractivity contribution in [2.75, 3.05) is 0 Å². The lowest BCUT2D eigenvalue weighted by atomic mass is 9.64. The standard InChI is InChI=1S/C13H15NO/c1-9-12(13(8-14)6-3-7-13)10-4-2-5-11(10)15-9/h2-7H2,1H3. The average molecular weight is 201 g/mol. The van der Waals surface area contributed by atoms with E-state index >= 15 is 0 Å². The maximum Gasteiger partial charge on any atom is 0.107 e. The number of hydrogen-bond acceptors (Lipinski definition) is 2. The lowest BCUT2D eigenvalue weighted by Gasteiger charge is -2.35. The predicted octanol–water partition coefficient (Wildman–Crippen LogP) is 3.02. The van der Waals surface area contributed by atoms with Crippen molar-refractivity contribution in [3.8, 4) is 6.07 Å². The van der Waals surface area contributed by atoms with Gasteiger partial charge in [-0.05, 0) is 44.6 Å². The largest absolute Gasteiger partial charge is 0.466 e. The molecule has 0 saturated heterocycles.